The quantitative estimate of drug-likeness (QED) is 0.269. The Kier molecular flexibility index (Phi) is 10.6. The number of carbonyl (C=O) groups is 4. The number of aromatic nitrogens is 1. The third-order valence-corrected chi connectivity index (χ3v) is 11.8. The first-order valence-corrected chi connectivity index (χ1v) is 19.8. The normalized spacial score (nSPS) is 25.7. The second-order valence-corrected chi connectivity index (χ2v) is 17.3. The highest BCUT2D eigenvalue weighted by atomic mass is 32.2. The van der Waals surface area contributed by atoms with E-state index in [2.05, 4.69) is 15.6 Å². The third kappa shape index (κ3) is 8.80. The molecule has 0 spiro atoms. The number of likely N-dealkylation sites (tertiary alicyclic amines) is 1. The Morgan fingerprint density at radius 2 is 1.81 bits per heavy atom. The highest BCUT2D eigenvalue weighted by molar-refractivity contribution is 7.85. The maximum atomic E-state index is 14.6. The molecule has 290 valence electrons. The minimum absolute atomic E-state index is 0.0123. The molecule has 16 heteroatoms. The Balaban J connectivity index is 1.28. The van der Waals surface area contributed by atoms with Crippen LogP contribution < -0.4 is 24.8 Å². The van der Waals surface area contributed by atoms with Crippen LogP contribution in [0.5, 0.6) is 11.6 Å². The number of alkyl carbamates (subject to hydrolysis) is 1. The predicted molar refractivity (Wildman–Crippen MR) is 193 cm³/mol. The molecule has 0 radical (unpaired) electrons. The van der Waals surface area contributed by atoms with Crippen molar-refractivity contribution in [2.75, 3.05) is 13.7 Å². The molecule has 15 nitrogen and oxygen atoms in total. The van der Waals surface area contributed by atoms with Crippen molar-refractivity contribution in [2.24, 2.45) is 11.8 Å². The van der Waals surface area contributed by atoms with Crippen LogP contribution in [0.1, 0.15) is 92.4 Å². The van der Waals surface area contributed by atoms with Gasteiger partial charge in [-0.05, 0) is 101 Å². The summed E-state index contributed by atoms with van der Waals surface area (Å²) in [7, 11) is -2.87. The van der Waals surface area contributed by atoms with Crippen LogP contribution in [-0.2, 0) is 33.6 Å². The van der Waals surface area contributed by atoms with Gasteiger partial charge in [-0.25, -0.2) is 18.7 Å². The number of ether oxygens (including phenoxy) is 3. The smallest absolute Gasteiger partial charge is 0.408 e. The molecule has 0 unspecified atom stereocenters. The largest absolute Gasteiger partial charge is 0.497 e. The van der Waals surface area contributed by atoms with E-state index < -0.39 is 69.0 Å². The van der Waals surface area contributed by atoms with Crippen LogP contribution in [0.4, 0.5) is 4.79 Å². The maximum Gasteiger partial charge on any atom is 0.408 e. The van der Waals surface area contributed by atoms with E-state index in [1.807, 2.05) is 29.8 Å². The topological polar surface area (TPSA) is 192 Å². The zero-order valence-electron chi connectivity index (χ0n) is 31.2. The average molecular weight is 758 g/mol. The van der Waals surface area contributed by atoms with Crippen LogP contribution in [0.25, 0.3) is 10.8 Å². The lowest BCUT2D eigenvalue weighted by Crippen LogP contribution is -2.59. The van der Waals surface area contributed by atoms with Crippen LogP contribution in [0.3, 0.4) is 0 Å². The first-order chi connectivity index (χ1) is 24.9. The lowest BCUT2D eigenvalue weighted by molar-refractivity contribution is -0.142. The van der Waals surface area contributed by atoms with Gasteiger partial charge in [-0.1, -0.05) is 26.2 Å². The van der Waals surface area contributed by atoms with Crippen molar-refractivity contribution in [3.05, 3.63) is 30.5 Å². The number of methoxy groups -OCH3 is 1. The number of pyridine rings is 1. The second kappa shape index (κ2) is 14.6. The van der Waals surface area contributed by atoms with Crippen LogP contribution >= 0.6 is 0 Å². The number of nitrogens with zero attached hydrogens (tertiary/aromatic N) is 2. The molecule has 1 aromatic heterocycles. The number of fused-ring (bicyclic) bond motifs is 1. The van der Waals surface area contributed by atoms with Crippen LogP contribution in [0, 0.1) is 11.8 Å². The van der Waals surface area contributed by atoms with Crippen molar-refractivity contribution >= 4 is 44.9 Å². The summed E-state index contributed by atoms with van der Waals surface area (Å²) in [5, 5.41) is 7.17. The molecule has 3 aliphatic carbocycles. The van der Waals surface area contributed by atoms with Gasteiger partial charge in [0.05, 0.1) is 19.3 Å². The van der Waals surface area contributed by atoms with Crippen molar-refractivity contribution in [1.29, 1.82) is 0 Å². The fraction of sp³-hybridized carbons (Fsp3) is 0.649. The Morgan fingerprint density at radius 1 is 1.09 bits per heavy atom. The first-order valence-electron chi connectivity index (χ1n) is 18.4. The summed E-state index contributed by atoms with van der Waals surface area (Å²) in [6, 6.07) is 5.18. The summed E-state index contributed by atoms with van der Waals surface area (Å²) >= 11 is 0. The highest BCUT2D eigenvalue weighted by Crippen LogP contribution is 2.47. The molecule has 5 atom stereocenters. The predicted octanol–water partition coefficient (Wildman–Crippen LogP) is 3.89. The maximum absolute atomic E-state index is 14.6. The third-order valence-electron chi connectivity index (χ3n) is 10.7. The van der Waals surface area contributed by atoms with Gasteiger partial charge in [0.25, 0.3) is 5.91 Å². The summed E-state index contributed by atoms with van der Waals surface area (Å²) in [5.74, 6) is -1.56. The zero-order valence-corrected chi connectivity index (χ0v) is 32.0. The first kappa shape index (κ1) is 38.5. The molecule has 4 amide bonds. The fourth-order valence-electron chi connectivity index (χ4n) is 7.53. The van der Waals surface area contributed by atoms with Gasteiger partial charge in [-0.3, -0.25) is 14.4 Å². The average Bonchev–Trinajstić information content (AvgIpc) is 3.80. The van der Waals surface area contributed by atoms with E-state index >= 15 is 0 Å². The minimum Gasteiger partial charge on any atom is -0.497 e. The van der Waals surface area contributed by atoms with Crippen LogP contribution in [-0.4, -0.2) is 90.7 Å². The number of hydrogen-bond acceptors (Lipinski definition) is 11. The van der Waals surface area contributed by atoms with E-state index in [9.17, 15) is 27.6 Å². The molecule has 2 aromatic rings. The van der Waals surface area contributed by atoms with Crippen molar-refractivity contribution in [2.45, 2.75) is 127 Å². The number of carbonyl (C=O) groups excluding carboxylic acids is 4. The molecule has 1 aliphatic heterocycles. The molecule has 53 heavy (non-hydrogen) atoms. The Hall–Kier alpha value is -4.18. The highest BCUT2D eigenvalue weighted by Gasteiger charge is 2.62. The number of amides is 4. The SMILES string of the molecule is CC[C@@H]1C[C@]1(NC(=O)[C@@H]1C[C@@H](Oc2nccc3cc(OC)ccc23)CN1C(=O)[C@@H](NC(=O)OC(C)(C)C)C1CCCC1)C(=O)NS(=O)(=O)OC1(C)CC1. The van der Waals surface area contributed by atoms with Gasteiger partial charge < -0.3 is 29.7 Å². The van der Waals surface area contributed by atoms with Gasteiger partial charge in [-0.2, -0.15) is 8.42 Å². The van der Waals surface area contributed by atoms with E-state index in [1.165, 1.54) is 4.90 Å². The number of hydrogen-bond donors (Lipinski definition) is 3. The molecule has 4 fully saturated rings. The summed E-state index contributed by atoms with van der Waals surface area (Å²) in [6.45, 7) is 8.67. The molecule has 0 bridgehead atoms. The monoisotopic (exact) mass is 757 g/mol. The molecule has 1 aromatic carbocycles. The molecule has 2 heterocycles. The van der Waals surface area contributed by atoms with Crippen molar-refractivity contribution < 1.29 is 46.0 Å². The standard InChI is InChI=1S/C37H51N5O10S/c1-7-24-20-37(24,33(45)41-53(47,48)52-36(5)15-16-36)40-30(43)28-19-26(50-31-27-13-12-25(49-6)18-23(27)14-17-38-31)21-42(28)32(44)29(22-10-8-9-11-22)39-34(46)51-35(2,3)4/h12-14,17-18,22,24,26,28-29H,7-11,15-16,19-21H2,1-6H3,(H,39,46)(H,40,43)(H,41,45)/t24-,26-,28+,29+,37-/m1/s1. The van der Waals surface area contributed by atoms with Crippen molar-refractivity contribution in [1.82, 2.24) is 25.2 Å². The van der Waals surface area contributed by atoms with Crippen LogP contribution in [0.15, 0.2) is 30.5 Å². The van der Waals surface area contributed by atoms with Gasteiger partial charge in [0.15, 0.2) is 0 Å². The summed E-state index contributed by atoms with van der Waals surface area (Å²) in [6.07, 6.45) is 5.19. The molecular formula is C37H51N5O10S. The van der Waals surface area contributed by atoms with Gasteiger partial charge >= 0.3 is 16.4 Å². The number of rotatable bonds is 13. The number of nitrogens with one attached hydrogen (secondary N) is 3. The van der Waals surface area contributed by atoms with Gasteiger partial charge in [0.2, 0.25) is 17.7 Å². The molecule has 6 rings (SSSR count). The summed E-state index contributed by atoms with van der Waals surface area (Å²) in [4.78, 5) is 61.5. The van der Waals surface area contributed by atoms with E-state index in [-0.39, 0.29) is 31.2 Å². The molecule has 3 N–H and O–H groups in total. The minimum atomic E-state index is -4.44. The Morgan fingerprint density at radius 3 is 2.43 bits per heavy atom. The molecule has 1 saturated heterocycles. The van der Waals surface area contributed by atoms with Gasteiger partial charge in [0, 0.05) is 18.0 Å². The van der Waals surface area contributed by atoms with Crippen molar-refractivity contribution in [3.63, 3.8) is 0 Å². The van der Waals surface area contributed by atoms with Gasteiger partial charge in [0.1, 0.15) is 35.1 Å². The molecule has 4 aliphatic rings. The summed E-state index contributed by atoms with van der Waals surface area (Å²) in [5.41, 5.74) is -3.18. The van der Waals surface area contributed by atoms with E-state index in [1.54, 1.807) is 47.1 Å². The van der Waals surface area contributed by atoms with Gasteiger partial charge in [-0.15, -0.1) is 0 Å². The van der Waals surface area contributed by atoms with Crippen molar-refractivity contribution in [3.8, 4) is 11.6 Å². The molecule has 3 saturated carbocycles. The Labute approximate surface area is 310 Å². The van der Waals surface area contributed by atoms with E-state index in [0.29, 0.717) is 49.1 Å². The lowest BCUT2D eigenvalue weighted by Gasteiger charge is -2.32. The molecular weight excluding hydrogens is 706 g/mol. The van der Waals surface area contributed by atoms with E-state index in [0.717, 1.165) is 18.2 Å². The summed E-state index contributed by atoms with van der Waals surface area (Å²) < 4.78 is 50.1. The lowest BCUT2D eigenvalue weighted by atomic mass is 9.96. The Bertz CT molecular complexity index is 1860. The number of benzene rings is 1. The second-order valence-electron chi connectivity index (χ2n) is 16.0. The van der Waals surface area contributed by atoms with Crippen LogP contribution in [0.2, 0.25) is 0 Å². The van der Waals surface area contributed by atoms with E-state index in [4.69, 9.17) is 18.4 Å². The zero-order chi connectivity index (χ0) is 38.3. The fourth-order valence-corrected chi connectivity index (χ4v) is 8.68.